The van der Waals surface area contributed by atoms with Gasteiger partial charge >= 0.3 is 0 Å². The zero-order valence-electron chi connectivity index (χ0n) is 16.1. The predicted octanol–water partition coefficient (Wildman–Crippen LogP) is 0.541. The fourth-order valence-electron chi connectivity index (χ4n) is 4.77. The van der Waals surface area contributed by atoms with Gasteiger partial charge < -0.3 is 30.9 Å². The maximum absolute atomic E-state index is 13.6. The van der Waals surface area contributed by atoms with Crippen molar-refractivity contribution in [2.24, 2.45) is 11.7 Å². The third-order valence-corrected chi connectivity index (χ3v) is 6.24. The highest BCUT2D eigenvalue weighted by Crippen LogP contribution is 2.51. The number of hydrogen-bond donors (Lipinski definition) is 5. The average Bonchev–Trinajstić information content (AvgIpc) is 2.69. The highest BCUT2D eigenvalue weighted by atomic mass is 16.5. The normalized spacial score (nSPS) is 26.0. The summed E-state index contributed by atoms with van der Waals surface area (Å²) in [5.41, 5.74) is 2.65. The first-order valence-corrected chi connectivity index (χ1v) is 9.11. The number of aliphatic hydroxyl groups is 2. The molecule has 0 spiro atoms. The number of carbonyl (C=O) groups is 3. The van der Waals surface area contributed by atoms with Gasteiger partial charge in [-0.15, -0.1) is 0 Å². The second-order valence-corrected chi connectivity index (χ2v) is 7.50. The molecule has 9 heteroatoms. The Kier molecular flexibility index (Phi) is 4.16. The molecule has 2 aliphatic carbocycles. The standard InChI is InChI=1S/C21H19NO8/c1-7-8-4-3-5-11(23)12(8)16(25)13-9(7)6-10-15(24)17(26)14(20(22)29)19(28)21(10,30-2)18(13)27/h3-5,10,15,23-25,28H,6H2,1-2H3,(H2,22,29)/t10-,15+,21-/m0/s1. The Morgan fingerprint density at radius 3 is 2.50 bits per heavy atom. The number of aliphatic hydroxyl groups excluding tert-OH is 2. The number of aryl methyl sites for hydroxylation is 1. The third-order valence-electron chi connectivity index (χ3n) is 6.24. The van der Waals surface area contributed by atoms with E-state index >= 15 is 0 Å². The van der Waals surface area contributed by atoms with Crippen molar-refractivity contribution in [2.75, 3.05) is 7.11 Å². The predicted molar refractivity (Wildman–Crippen MR) is 103 cm³/mol. The number of benzene rings is 2. The Morgan fingerprint density at radius 2 is 1.90 bits per heavy atom. The van der Waals surface area contributed by atoms with Crippen LogP contribution in [0.2, 0.25) is 0 Å². The molecule has 4 rings (SSSR count). The molecule has 3 atom stereocenters. The van der Waals surface area contributed by atoms with Gasteiger partial charge in [0.05, 0.1) is 10.9 Å². The minimum absolute atomic E-state index is 0.0397. The van der Waals surface area contributed by atoms with E-state index in [9.17, 15) is 34.8 Å². The van der Waals surface area contributed by atoms with E-state index in [1.807, 2.05) is 0 Å². The molecule has 0 saturated carbocycles. The minimum atomic E-state index is -2.30. The van der Waals surface area contributed by atoms with Crippen LogP contribution in [0.1, 0.15) is 21.5 Å². The van der Waals surface area contributed by atoms with Crippen LogP contribution in [0.4, 0.5) is 0 Å². The van der Waals surface area contributed by atoms with Gasteiger partial charge in [0.25, 0.3) is 5.91 Å². The molecule has 6 N–H and O–H groups in total. The second-order valence-electron chi connectivity index (χ2n) is 7.50. The van der Waals surface area contributed by atoms with Gasteiger partial charge in [-0.05, 0) is 35.9 Å². The molecule has 0 radical (unpaired) electrons. The first kappa shape index (κ1) is 19.9. The molecule has 2 aromatic rings. The van der Waals surface area contributed by atoms with Crippen LogP contribution < -0.4 is 5.73 Å². The van der Waals surface area contributed by atoms with Crippen LogP contribution in [-0.4, -0.2) is 56.7 Å². The summed E-state index contributed by atoms with van der Waals surface area (Å²) in [6, 6.07) is 4.58. The molecule has 0 unspecified atom stereocenters. The molecule has 0 aromatic heterocycles. The Bertz CT molecular complexity index is 1200. The first-order valence-electron chi connectivity index (χ1n) is 9.11. The summed E-state index contributed by atoms with van der Waals surface area (Å²) in [6.07, 6.45) is -1.97. The number of rotatable bonds is 2. The van der Waals surface area contributed by atoms with E-state index in [0.29, 0.717) is 16.5 Å². The van der Waals surface area contributed by atoms with E-state index in [1.54, 1.807) is 19.1 Å². The monoisotopic (exact) mass is 413 g/mol. The number of Topliss-reactive ketones (excluding diaryl/α,β-unsaturated/α-hetero) is 2. The number of ether oxygens (including phenoxy) is 1. The van der Waals surface area contributed by atoms with E-state index in [-0.39, 0.29) is 23.1 Å². The maximum atomic E-state index is 13.6. The number of amides is 1. The molecule has 156 valence electrons. The number of phenolic OH excluding ortho intramolecular Hbond substituents is 2. The van der Waals surface area contributed by atoms with Gasteiger partial charge in [-0.2, -0.15) is 0 Å². The molecule has 0 aliphatic heterocycles. The number of nitrogens with two attached hydrogens (primary N) is 1. The minimum Gasteiger partial charge on any atom is -0.508 e. The van der Waals surface area contributed by atoms with E-state index in [4.69, 9.17) is 10.5 Å². The number of aromatic hydroxyl groups is 2. The van der Waals surface area contributed by atoms with Crippen molar-refractivity contribution in [3.63, 3.8) is 0 Å². The topological polar surface area (TPSA) is 167 Å². The number of methoxy groups -OCH3 is 1. The van der Waals surface area contributed by atoms with Gasteiger partial charge in [0.2, 0.25) is 11.6 Å². The van der Waals surface area contributed by atoms with Gasteiger partial charge in [-0.25, -0.2) is 0 Å². The summed E-state index contributed by atoms with van der Waals surface area (Å²) in [4.78, 5) is 37.9. The molecule has 9 nitrogen and oxygen atoms in total. The highest BCUT2D eigenvalue weighted by molar-refractivity contribution is 6.24. The zero-order chi connectivity index (χ0) is 22.1. The Balaban J connectivity index is 2.13. The molecule has 2 aromatic carbocycles. The average molecular weight is 413 g/mol. The van der Waals surface area contributed by atoms with Gasteiger partial charge in [-0.1, -0.05) is 12.1 Å². The zero-order valence-corrected chi connectivity index (χ0v) is 16.1. The largest absolute Gasteiger partial charge is 0.508 e. The number of phenols is 2. The summed E-state index contributed by atoms with van der Waals surface area (Å²) in [7, 11) is 1.08. The lowest BCUT2D eigenvalue weighted by atomic mass is 9.62. The van der Waals surface area contributed by atoms with Crippen molar-refractivity contribution in [3.8, 4) is 11.5 Å². The Morgan fingerprint density at radius 1 is 1.23 bits per heavy atom. The fourth-order valence-corrected chi connectivity index (χ4v) is 4.77. The summed E-state index contributed by atoms with van der Waals surface area (Å²) in [5, 5.41) is 43.1. The van der Waals surface area contributed by atoms with Crippen molar-refractivity contribution in [1.29, 1.82) is 0 Å². The lowest BCUT2D eigenvalue weighted by Gasteiger charge is -2.46. The van der Waals surface area contributed by atoms with Crippen LogP contribution in [0.25, 0.3) is 10.8 Å². The second kappa shape index (κ2) is 6.28. The summed E-state index contributed by atoms with van der Waals surface area (Å²) in [5.74, 6) is -6.41. The van der Waals surface area contributed by atoms with E-state index < -0.39 is 52.2 Å². The fraction of sp³-hybridized carbons (Fsp3) is 0.286. The molecule has 0 heterocycles. The Labute approximate surface area is 170 Å². The molecule has 1 amide bonds. The van der Waals surface area contributed by atoms with Crippen molar-refractivity contribution in [2.45, 2.75) is 25.0 Å². The number of primary amides is 1. The summed E-state index contributed by atoms with van der Waals surface area (Å²) in [6.45, 7) is 1.68. The summed E-state index contributed by atoms with van der Waals surface area (Å²) >= 11 is 0. The van der Waals surface area contributed by atoms with Crippen LogP contribution in [-0.2, 0) is 20.7 Å². The molecule has 0 saturated heterocycles. The van der Waals surface area contributed by atoms with Crippen LogP contribution in [0.5, 0.6) is 11.5 Å². The SMILES string of the molecule is CO[C@]12C(=O)c3c(c(C)c4cccc(O)c4c3O)C[C@H]1[C@@H](O)C(=O)C(C(N)=O)=C2O. The molecule has 0 fully saturated rings. The Hall–Kier alpha value is -3.43. The van der Waals surface area contributed by atoms with Crippen molar-refractivity contribution in [3.05, 3.63) is 46.2 Å². The van der Waals surface area contributed by atoms with Crippen LogP contribution in [0.3, 0.4) is 0 Å². The number of carbonyl (C=O) groups excluding carboxylic acids is 3. The molecule has 30 heavy (non-hydrogen) atoms. The number of ketones is 2. The third kappa shape index (κ3) is 2.16. The van der Waals surface area contributed by atoms with Crippen LogP contribution >= 0.6 is 0 Å². The maximum Gasteiger partial charge on any atom is 0.255 e. The van der Waals surface area contributed by atoms with Crippen LogP contribution in [0.15, 0.2) is 29.5 Å². The van der Waals surface area contributed by atoms with Gasteiger partial charge in [0.1, 0.15) is 28.9 Å². The highest BCUT2D eigenvalue weighted by Gasteiger charge is 2.63. The quantitative estimate of drug-likeness (QED) is 0.445. The van der Waals surface area contributed by atoms with E-state index in [2.05, 4.69) is 0 Å². The van der Waals surface area contributed by atoms with E-state index in [1.165, 1.54) is 6.07 Å². The van der Waals surface area contributed by atoms with Gasteiger partial charge in [0.15, 0.2) is 5.60 Å². The molecular weight excluding hydrogens is 394 g/mol. The summed E-state index contributed by atoms with van der Waals surface area (Å²) < 4.78 is 5.35. The smallest absolute Gasteiger partial charge is 0.255 e. The van der Waals surface area contributed by atoms with E-state index in [0.717, 1.165) is 7.11 Å². The number of hydrogen-bond acceptors (Lipinski definition) is 8. The van der Waals surface area contributed by atoms with Crippen molar-refractivity contribution >= 4 is 28.2 Å². The molecule has 0 bridgehead atoms. The van der Waals surface area contributed by atoms with Crippen molar-refractivity contribution in [1.82, 2.24) is 0 Å². The lowest BCUT2D eigenvalue weighted by molar-refractivity contribution is -0.140. The lowest BCUT2D eigenvalue weighted by Crippen LogP contribution is -2.62. The van der Waals surface area contributed by atoms with Crippen LogP contribution in [0, 0.1) is 12.8 Å². The van der Waals surface area contributed by atoms with Gasteiger partial charge in [0, 0.05) is 13.0 Å². The first-order chi connectivity index (χ1) is 14.1. The molecule has 2 aliphatic rings. The molecular formula is C21H19NO8. The number of fused-ring (bicyclic) bond motifs is 3. The van der Waals surface area contributed by atoms with Crippen molar-refractivity contribution < 1.29 is 39.5 Å². The van der Waals surface area contributed by atoms with Gasteiger partial charge in [-0.3, -0.25) is 14.4 Å².